The van der Waals surface area contributed by atoms with E-state index in [4.69, 9.17) is 9.47 Å². The van der Waals surface area contributed by atoms with Gasteiger partial charge in [0.15, 0.2) is 5.75 Å². The minimum absolute atomic E-state index is 0.0396. The highest BCUT2D eigenvalue weighted by Crippen LogP contribution is 2.54. The molecule has 0 spiro atoms. The van der Waals surface area contributed by atoms with Gasteiger partial charge in [-0.25, -0.2) is 0 Å². The number of hydrogen-bond donors (Lipinski definition) is 0. The first-order valence-electron chi connectivity index (χ1n) is 12.8. The second-order valence-electron chi connectivity index (χ2n) is 9.80. The van der Waals surface area contributed by atoms with Crippen molar-refractivity contribution >= 4 is 29.8 Å². The third kappa shape index (κ3) is 4.08. The molecule has 1 aliphatic carbocycles. The van der Waals surface area contributed by atoms with Crippen LogP contribution in [-0.2, 0) is 4.74 Å². The van der Waals surface area contributed by atoms with Crippen molar-refractivity contribution < 1.29 is 9.47 Å². The summed E-state index contributed by atoms with van der Waals surface area (Å²) in [4.78, 5) is 4.73. The third-order valence-electron chi connectivity index (χ3n) is 7.54. The van der Waals surface area contributed by atoms with Crippen molar-refractivity contribution in [3.63, 3.8) is 0 Å². The zero-order valence-electron chi connectivity index (χ0n) is 21.2. The zero-order valence-corrected chi connectivity index (χ0v) is 22.1. The van der Waals surface area contributed by atoms with E-state index < -0.39 is 7.92 Å². The number of anilines is 1. The fourth-order valence-electron chi connectivity index (χ4n) is 5.63. The number of aryl methyl sites for hydroxylation is 1. The van der Waals surface area contributed by atoms with Gasteiger partial charge in [0, 0.05) is 24.7 Å². The number of morpholine rings is 1. The number of allylic oxidation sites excluding steroid dienone is 2. The molecule has 3 aromatic rings. The van der Waals surface area contributed by atoms with Gasteiger partial charge in [0.1, 0.15) is 12.7 Å². The molecule has 0 unspecified atom stereocenters. The fraction of sp³-hybridized carbons (Fsp3) is 0.290. The van der Waals surface area contributed by atoms with Gasteiger partial charge in [0.05, 0.1) is 24.9 Å². The van der Waals surface area contributed by atoms with Crippen molar-refractivity contribution in [1.29, 1.82) is 0 Å². The van der Waals surface area contributed by atoms with Crippen molar-refractivity contribution in [1.82, 2.24) is 4.90 Å². The second-order valence-corrected chi connectivity index (χ2v) is 12.0. The lowest BCUT2D eigenvalue weighted by molar-refractivity contribution is -0.0154. The maximum absolute atomic E-state index is 6.63. The molecule has 3 aromatic carbocycles. The van der Waals surface area contributed by atoms with E-state index in [1.807, 2.05) is 0 Å². The summed E-state index contributed by atoms with van der Waals surface area (Å²) in [6, 6.07) is 26.6. The zero-order chi connectivity index (χ0) is 24.6. The number of benzene rings is 3. The number of ether oxygens (including phenoxy) is 2. The monoisotopic (exact) mass is 496 g/mol. The lowest BCUT2D eigenvalue weighted by Gasteiger charge is -2.43. The molecule has 0 N–H and O–H groups in total. The molecule has 2 heterocycles. The molecule has 0 bridgehead atoms. The van der Waals surface area contributed by atoms with Crippen LogP contribution in [-0.4, -0.2) is 57.4 Å². The Morgan fingerprint density at radius 1 is 0.833 bits per heavy atom. The van der Waals surface area contributed by atoms with Crippen LogP contribution in [0.2, 0.25) is 0 Å². The average Bonchev–Trinajstić information content (AvgIpc) is 2.91. The molecule has 0 radical (unpaired) electrons. The number of rotatable bonds is 4. The summed E-state index contributed by atoms with van der Waals surface area (Å²) in [6.07, 6.45) is 4.71. The van der Waals surface area contributed by atoms with E-state index >= 15 is 0 Å². The van der Waals surface area contributed by atoms with Crippen LogP contribution < -0.4 is 20.2 Å². The Labute approximate surface area is 215 Å². The van der Waals surface area contributed by atoms with Crippen LogP contribution in [0.1, 0.15) is 11.1 Å². The highest BCUT2D eigenvalue weighted by atomic mass is 31.1. The first kappa shape index (κ1) is 23.5. The van der Waals surface area contributed by atoms with E-state index in [0.29, 0.717) is 6.61 Å². The van der Waals surface area contributed by atoms with Gasteiger partial charge in [-0.2, -0.15) is 0 Å². The Morgan fingerprint density at radius 3 is 2.22 bits per heavy atom. The molecular weight excluding hydrogens is 463 g/mol. The molecule has 4 nitrogen and oxygen atoms in total. The van der Waals surface area contributed by atoms with Crippen LogP contribution in [0.4, 0.5) is 5.69 Å². The molecule has 1 fully saturated rings. The summed E-state index contributed by atoms with van der Waals surface area (Å²) in [7, 11) is 3.58. The number of hydrogen-bond acceptors (Lipinski definition) is 4. The Balaban J connectivity index is 1.65. The second kappa shape index (κ2) is 9.86. The maximum Gasteiger partial charge on any atom is 0.150 e. The van der Waals surface area contributed by atoms with Crippen molar-refractivity contribution in [3.05, 3.63) is 101 Å². The molecular formula is C31H33N2O2P. The molecule has 36 heavy (non-hydrogen) atoms. The molecule has 0 saturated carbocycles. The molecule has 1 saturated heterocycles. The largest absolute Gasteiger partial charge is 0.489 e. The SMILES string of the molecule is Cc1ccc2c(c1C1=C(P(c3ccccc3)c3ccccc3)C=C[C@H]3[C@@H]1OCCN3C)OCCN2C. The topological polar surface area (TPSA) is 24.9 Å². The standard InChI is InChI=1S/C31H33N2O2P/c1-22-14-15-25-30(34-20-18-32(25)2)28(22)29-27(17-16-26-31(29)35-21-19-33(26)3)36(23-10-6-4-7-11-23)24-12-8-5-9-13-24/h4-17,26,31H,18-21H2,1-3H3/t26-,31-/m0/s1. The van der Waals surface area contributed by atoms with E-state index in [2.05, 4.69) is 116 Å². The Hall–Kier alpha value is -2.91. The lowest BCUT2D eigenvalue weighted by atomic mass is 9.86. The average molecular weight is 497 g/mol. The minimum Gasteiger partial charge on any atom is -0.489 e. The van der Waals surface area contributed by atoms with Crippen molar-refractivity contribution in [3.8, 4) is 5.75 Å². The van der Waals surface area contributed by atoms with Crippen LogP contribution in [0.25, 0.3) is 5.57 Å². The van der Waals surface area contributed by atoms with E-state index in [1.165, 1.54) is 32.6 Å². The number of nitrogens with zero attached hydrogens (tertiary/aromatic N) is 2. The van der Waals surface area contributed by atoms with E-state index in [9.17, 15) is 0 Å². The summed E-state index contributed by atoms with van der Waals surface area (Å²) in [5.41, 5.74) is 4.90. The highest BCUT2D eigenvalue weighted by Gasteiger charge is 2.40. The van der Waals surface area contributed by atoms with E-state index in [1.54, 1.807) is 0 Å². The predicted octanol–water partition coefficient (Wildman–Crippen LogP) is 4.94. The van der Waals surface area contributed by atoms with Gasteiger partial charge in [0.25, 0.3) is 0 Å². The molecule has 5 heteroatoms. The van der Waals surface area contributed by atoms with Gasteiger partial charge < -0.3 is 14.4 Å². The van der Waals surface area contributed by atoms with Gasteiger partial charge in [-0.05, 0) is 49.4 Å². The number of fused-ring (bicyclic) bond motifs is 2. The van der Waals surface area contributed by atoms with Gasteiger partial charge in [-0.1, -0.05) is 78.9 Å². The van der Waals surface area contributed by atoms with Crippen molar-refractivity contribution in [2.24, 2.45) is 0 Å². The van der Waals surface area contributed by atoms with Crippen LogP contribution in [0.3, 0.4) is 0 Å². The normalized spacial score (nSPS) is 21.8. The van der Waals surface area contributed by atoms with Gasteiger partial charge in [0.2, 0.25) is 0 Å². The first-order chi connectivity index (χ1) is 17.6. The molecule has 3 aliphatic rings. The lowest BCUT2D eigenvalue weighted by Crippen LogP contribution is -2.50. The molecule has 0 aromatic heterocycles. The van der Waals surface area contributed by atoms with Crippen LogP contribution in [0, 0.1) is 6.92 Å². The smallest absolute Gasteiger partial charge is 0.150 e. The summed E-state index contributed by atoms with van der Waals surface area (Å²) in [6.45, 7) is 5.47. The van der Waals surface area contributed by atoms with Crippen LogP contribution in [0.15, 0.2) is 90.3 Å². The van der Waals surface area contributed by atoms with E-state index in [-0.39, 0.29) is 12.1 Å². The molecule has 2 atom stereocenters. The van der Waals surface area contributed by atoms with Gasteiger partial charge in [-0.3, -0.25) is 4.90 Å². The number of likely N-dealkylation sites (N-methyl/N-ethyl adjacent to an activating group) is 2. The molecule has 6 rings (SSSR count). The summed E-state index contributed by atoms with van der Waals surface area (Å²) in [5.74, 6) is 0.998. The summed E-state index contributed by atoms with van der Waals surface area (Å²) in [5, 5.41) is 4.05. The molecule has 2 aliphatic heterocycles. The first-order valence-corrected chi connectivity index (χ1v) is 14.1. The van der Waals surface area contributed by atoms with E-state index in [0.717, 1.165) is 31.1 Å². The summed E-state index contributed by atoms with van der Waals surface area (Å²) < 4.78 is 13.1. The Kier molecular flexibility index (Phi) is 6.43. The van der Waals surface area contributed by atoms with Crippen molar-refractivity contribution in [2.75, 3.05) is 45.3 Å². The van der Waals surface area contributed by atoms with Crippen molar-refractivity contribution in [2.45, 2.75) is 19.1 Å². The predicted molar refractivity (Wildman–Crippen MR) is 151 cm³/mol. The fourth-order valence-corrected chi connectivity index (χ4v) is 8.14. The third-order valence-corrected chi connectivity index (χ3v) is 10.0. The summed E-state index contributed by atoms with van der Waals surface area (Å²) >= 11 is 0. The van der Waals surface area contributed by atoms with Crippen LogP contribution in [0.5, 0.6) is 5.75 Å². The van der Waals surface area contributed by atoms with Crippen LogP contribution >= 0.6 is 7.92 Å². The van der Waals surface area contributed by atoms with Gasteiger partial charge >= 0.3 is 0 Å². The maximum atomic E-state index is 6.63. The highest BCUT2D eigenvalue weighted by molar-refractivity contribution is 7.77. The molecule has 184 valence electrons. The quantitative estimate of drug-likeness (QED) is 0.478. The minimum atomic E-state index is -0.790. The molecule has 0 amide bonds. The Morgan fingerprint density at radius 2 is 1.53 bits per heavy atom. The van der Waals surface area contributed by atoms with Gasteiger partial charge in [-0.15, -0.1) is 0 Å². The Bertz CT molecular complexity index is 1270.